The predicted octanol–water partition coefficient (Wildman–Crippen LogP) is 6.42. The second-order valence-corrected chi connectivity index (χ2v) is 10.0. The molecule has 0 radical (unpaired) electrons. The van der Waals surface area contributed by atoms with Gasteiger partial charge in [-0.2, -0.15) is 0 Å². The van der Waals surface area contributed by atoms with Gasteiger partial charge in [0.05, 0.1) is 31.4 Å². The van der Waals surface area contributed by atoms with Gasteiger partial charge in [-0.25, -0.2) is 0 Å². The number of morpholine rings is 1. The summed E-state index contributed by atoms with van der Waals surface area (Å²) in [4.78, 5) is 4.86. The zero-order valence-corrected chi connectivity index (χ0v) is 20.9. The molecule has 3 aromatic carbocycles. The molecule has 1 atom stereocenters. The highest BCUT2D eigenvalue weighted by atomic mass is 16.5. The topological polar surface area (TPSA) is 34.2 Å². The van der Waals surface area contributed by atoms with Gasteiger partial charge in [0.15, 0.2) is 6.23 Å². The summed E-state index contributed by atoms with van der Waals surface area (Å²) in [6, 6.07) is 21.3. The van der Waals surface area contributed by atoms with Crippen LogP contribution < -0.4 is 14.4 Å². The van der Waals surface area contributed by atoms with Gasteiger partial charge in [0.1, 0.15) is 11.5 Å². The molecule has 0 aliphatic carbocycles. The number of allylic oxidation sites excluding steroid dienone is 1. The number of rotatable bonds is 3. The van der Waals surface area contributed by atoms with Gasteiger partial charge in [-0.3, -0.25) is 4.90 Å². The van der Waals surface area contributed by atoms with Gasteiger partial charge >= 0.3 is 0 Å². The van der Waals surface area contributed by atoms with Crippen LogP contribution in [0.25, 0.3) is 16.7 Å². The van der Waals surface area contributed by atoms with Crippen molar-refractivity contribution in [1.82, 2.24) is 4.90 Å². The fourth-order valence-electron chi connectivity index (χ4n) is 6.00. The Kier molecular flexibility index (Phi) is 5.35. The van der Waals surface area contributed by atoms with E-state index in [0.29, 0.717) is 13.2 Å². The van der Waals surface area contributed by atoms with Crippen LogP contribution in [0.2, 0.25) is 0 Å². The van der Waals surface area contributed by atoms with Crippen LogP contribution in [0.15, 0.2) is 66.7 Å². The second kappa shape index (κ2) is 8.43. The fourth-order valence-corrected chi connectivity index (χ4v) is 6.00. The Hall–Kier alpha value is -3.28. The molecule has 1 unspecified atom stereocenters. The van der Waals surface area contributed by atoms with E-state index in [1.807, 2.05) is 12.1 Å². The minimum absolute atomic E-state index is 0.174. The largest absolute Gasteiger partial charge is 0.496 e. The normalized spacial score (nSPS) is 20.7. The lowest BCUT2D eigenvalue weighted by atomic mass is 9.81. The van der Waals surface area contributed by atoms with Crippen LogP contribution in [0.4, 0.5) is 11.4 Å². The van der Waals surface area contributed by atoms with Gasteiger partial charge < -0.3 is 19.1 Å². The van der Waals surface area contributed by atoms with Crippen molar-refractivity contribution in [3.05, 3.63) is 77.9 Å². The van der Waals surface area contributed by atoms with Gasteiger partial charge in [0.25, 0.3) is 0 Å². The minimum Gasteiger partial charge on any atom is -0.496 e. The van der Waals surface area contributed by atoms with Crippen LogP contribution in [0.1, 0.15) is 38.1 Å². The Morgan fingerprint density at radius 1 is 0.914 bits per heavy atom. The second-order valence-electron chi connectivity index (χ2n) is 10.0. The Labute approximate surface area is 207 Å². The quantitative estimate of drug-likeness (QED) is 0.443. The molecule has 3 aliphatic rings. The van der Waals surface area contributed by atoms with E-state index < -0.39 is 0 Å². The van der Waals surface area contributed by atoms with E-state index in [2.05, 4.69) is 85.2 Å². The van der Waals surface area contributed by atoms with Gasteiger partial charge in [-0.05, 0) is 62.2 Å². The molecule has 0 saturated carbocycles. The highest BCUT2D eigenvalue weighted by Gasteiger charge is 2.40. The highest BCUT2D eigenvalue weighted by Crippen LogP contribution is 2.54. The molecular weight excluding hydrogens is 436 g/mol. The summed E-state index contributed by atoms with van der Waals surface area (Å²) in [5, 5.41) is 0. The van der Waals surface area contributed by atoms with Crippen LogP contribution in [0.5, 0.6) is 11.5 Å². The molecule has 0 aromatic heterocycles. The van der Waals surface area contributed by atoms with Crippen molar-refractivity contribution in [2.45, 2.75) is 32.5 Å². The number of hydrogen-bond donors (Lipinski definition) is 0. The van der Waals surface area contributed by atoms with E-state index in [0.717, 1.165) is 30.2 Å². The lowest BCUT2D eigenvalue weighted by molar-refractivity contribution is -0.0486. The van der Waals surface area contributed by atoms with Crippen molar-refractivity contribution in [3.8, 4) is 22.6 Å². The van der Waals surface area contributed by atoms with E-state index in [-0.39, 0.29) is 11.8 Å². The van der Waals surface area contributed by atoms with Crippen molar-refractivity contribution >= 4 is 16.9 Å². The zero-order valence-electron chi connectivity index (χ0n) is 20.9. The molecule has 3 aromatic rings. The number of fused-ring (bicyclic) bond motifs is 5. The molecule has 0 N–H and O–H groups in total. The number of hydrogen-bond acceptors (Lipinski definition) is 5. The number of benzene rings is 3. The molecule has 1 fully saturated rings. The molecule has 35 heavy (non-hydrogen) atoms. The van der Waals surface area contributed by atoms with Gasteiger partial charge in [0, 0.05) is 35.6 Å². The van der Waals surface area contributed by atoms with Crippen LogP contribution >= 0.6 is 0 Å². The third-order valence-electron chi connectivity index (χ3n) is 7.36. The van der Waals surface area contributed by atoms with Crippen molar-refractivity contribution in [1.29, 1.82) is 0 Å². The Bertz CT molecular complexity index is 1290. The summed E-state index contributed by atoms with van der Waals surface area (Å²) >= 11 is 0. The third kappa shape index (κ3) is 3.53. The maximum Gasteiger partial charge on any atom is 0.180 e. The molecule has 5 nitrogen and oxygen atoms in total. The Morgan fingerprint density at radius 2 is 1.69 bits per heavy atom. The highest BCUT2D eigenvalue weighted by molar-refractivity contribution is 5.93. The monoisotopic (exact) mass is 468 g/mol. The Morgan fingerprint density at radius 3 is 2.43 bits per heavy atom. The van der Waals surface area contributed by atoms with E-state index in [1.54, 1.807) is 7.11 Å². The molecule has 6 rings (SSSR count). The first kappa shape index (κ1) is 22.2. The van der Waals surface area contributed by atoms with Crippen LogP contribution in [0, 0.1) is 0 Å². The molecule has 0 amide bonds. The SMILES string of the molecule is COc1cccc2c1-c1ccc3c(c1C(N1CCOCC1)O2)C(C)=CC(C)(C)N3c1ccccc1. The summed E-state index contributed by atoms with van der Waals surface area (Å²) in [5.41, 5.74) is 8.16. The molecule has 0 spiro atoms. The smallest absolute Gasteiger partial charge is 0.180 e. The first-order chi connectivity index (χ1) is 17.0. The number of ether oxygens (including phenoxy) is 3. The maximum atomic E-state index is 6.79. The summed E-state index contributed by atoms with van der Waals surface area (Å²) in [5.74, 6) is 1.70. The van der Waals surface area contributed by atoms with E-state index in [1.165, 1.54) is 33.6 Å². The lowest BCUT2D eigenvalue weighted by Crippen LogP contribution is -2.44. The molecule has 3 heterocycles. The van der Waals surface area contributed by atoms with E-state index in [9.17, 15) is 0 Å². The van der Waals surface area contributed by atoms with Gasteiger partial charge in [-0.1, -0.05) is 36.4 Å². The maximum absolute atomic E-state index is 6.79. The summed E-state index contributed by atoms with van der Waals surface area (Å²) in [6.07, 6.45) is 2.20. The number of para-hydroxylation sites is 1. The first-order valence-corrected chi connectivity index (χ1v) is 12.4. The molecule has 5 heteroatoms. The number of anilines is 2. The van der Waals surface area contributed by atoms with Crippen LogP contribution in [-0.2, 0) is 4.74 Å². The van der Waals surface area contributed by atoms with Crippen molar-refractivity contribution < 1.29 is 14.2 Å². The number of methoxy groups -OCH3 is 1. The molecule has 0 bridgehead atoms. The zero-order chi connectivity index (χ0) is 24.2. The van der Waals surface area contributed by atoms with Crippen molar-refractivity contribution in [2.24, 2.45) is 0 Å². The van der Waals surface area contributed by atoms with Gasteiger partial charge in [0.2, 0.25) is 0 Å². The van der Waals surface area contributed by atoms with Crippen molar-refractivity contribution in [2.75, 3.05) is 38.3 Å². The van der Waals surface area contributed by atoms with Crippen molar-refractivity contribution in [3.63, 3.8) is 0 Å². The minimum atomic E-state index is -0.189. The van der Waals surface area contributed by atoms with E-state index in [4.69, 9.17) is 14.2 Å². The Balaban J connectivity index is 1.63. The average Bonchev–Trinajstić information content (AvgIpc) is 2.87. The summed E-state index contributed by atoms with van der Waals surface area (Å²) in [6.45, 7) is 9.89. The van der Waals surface area contributed by atoms with E-state index >= 15 is 0 Å². The number of nitrogens with zero attached hydrogens (tertiary/aromatic N) is 2. The third-order valence-corrected chi connectivity index (χ3v) is 7.36. The molecule has 3 aliphatic heterocycles. The fraction of sp³-hybridized carbons (Fsp3) is 0.333. The lowest BCUT2D eigenvalue weighted by Gasteiger charge is -2.46. The standard InChI is InChI=1S/C30H32N2O3/c1-20-19-30(2,3)32(21-9-6-5-7-10-21)23-14-13-22-27-24(33-4)11-8-12-25(27)35-29(28(22)26(20)23)31-15-17-34-18-16-31/h5-14,19,29H,15-18H2,1-4H3. The summed E-state index contributed by atoms with van der Waals surface area (Å²) in [7, 11) is 1.73. The van der Waals surface area contributed by atoms with Crippen LogP contribution in [-0.4, -0.2) is 43.9 Å². The summed E-state index contributed by atoms with van der Waals surface area (Å²) < 4.78 is 18.3. The average molecular weight is 469 g/mol. The van der Waals surface area contributed by atoms with Crippen LogP contribution in [0.3, 0.4) is 0 Å². The van der Waals surface area contributed by atoms with Gasteiger partial charge in [-0.15, -0.1) is 0 Å². The molecule has 1 saturated heterocycles. The molecular formula is C30H32N2O3. The molecule has 180 valence electrons. The first-order valence-electron chi connectivity index (χ1n) is 12.4. The predicted molar refractivity (Wildman–Crippen MR) is 141 cm³/mol.